The van der Waals surface area contributed by atoms with Gasteiger partial charge in [-0.1, -0.05) is 13.3 Å². The lowest BCUT2D eigenvalue weighted by Crippen LogP contribution is -1.95. The number of rotatable bonds is 3. The quantitative estimate of drug-likeness (QED) is 0.635. The van der Waals surface area contributed by atoms with Gasteiger partial charge in [-0.25, -0.2) is 0 Å². The van der Waals surface area contributed by atoms with Crippen LogP contribution in [0.25, 0.3) is 0 Å². The third kappa shape index (κ3) is 18.2. The third-order valence-corrected chi connectivity index (χ3v) is 1.29. The molecule has 0 aromatic rings. The maximum absolute atomic E-state index is 9.82. The monoisotopic (exact) mass is 185 g/mol. The fraction of sp³-hybridized carbons (Fsp3) is 0.800. The summed E-state index contributed by atoms with van der Waals surface area (Å²) in [7, 11) is 0. The molecule has 1 unspecified atom stereocenters. The van der Waals surface area contributed by atoms with Gasteiger partial charge >= 0.3 is 5.97 Å². The Bertz CT molecular complexity index is 161. The van der Waals surface area contributed by atoms with Crippen molar-refractivity contribution in [1.82, 2.24) is 0 Å². The molecule has 3 nitrogen and oxygen atoms in total. The zero-order valence-electron chi connectivity index (χ0n) is 8.96. The number of nitrogens with zero attached hydrogens (tertiary/aromatic N) is 1. The zero-order valence-corrected chi connectivity index (χ0v) is 8.96. The van der Waals surface area contributed by atoms with Crippen molar-refractivity contribution >= 4 is 5.97 Å². The van der Waals surface area contributed by atoms with Gasteiger partial charge in [-0.2, -0.15) is 5.26 Å². The van der Waals surface area contributed by atoms with E-state index in [1.807, 2.05) is 6.92 Å². The molecule has 0 radical (unpaired) electrons. The first-order chi connectivity index (χ1) is 6.08. The van der Waals surface area contributed by atoms with Crippen LogP contribution < -0.4 is 0 Å². The Balaban J connectivity index is 0. The Hall–Kier alpha value is -1.04. The van der Waals surface area contributed by atoms with Crippen LogP contribution in [0.2, 0.25) is 0 Å². The first-order valence-electron chi connectivity index (χ1n) is 4.61. The highest BCUT2D eigenvalue weighted by Crippen LogP contribution is 2.00. The molecule has 1 atom stereocenters. The normalized spacial score (nSPS) is 10.4. The molecule has 13 heavy (non-hydrogen) atoms. The Kier molecular flexibility index (Phi) is 12.2. The van der Waals surface area contributed by atoms with Gasteiger partial charge in [0.05, 0.1) is 12.7 Å². The molecule has 0 aliphatic carbocycles. The molecule has 0 aromatic carbocycles. The predicted octanol–water partition coefficient (Wildman–Crippen LogP) is 2.52. The second kappa shape index (κ2) is 11.0. The van der Waals surface area contributed by atoms with Gasteiger partial charge in [0.1, 0.15) is 0 Å². The lowest BCUT2D eigenvalue weighted by molar-refractivity contribution is -0.140. The predicted molar refractivity (Wildman–Crippen MR) is 52.0 cm³/mol. The Morgan fingerprint density at radius 2 is 2.08 bits per heavy atom. The molecule has 3 heteroatoms. The molecule has 0 aromatic heterocycles. The molecular weight excluding hydrogens is 166 g/mol. The Morgan fingerprint density at radius 3 is 2.15 bits per heavy atom. The van der Waals surface area contributed by atoms with Gasteiger partial charge in [0.25, 0.3) is 0 Å². The average Bonchev–Trinajstić information content (AvgIpc) is 2.05. The Morgan fingerprint density at radius 1 is 1.54 bits per heavy atom. The summed E-state index contributed by atoms with van der Waals surface area (Å²) in [5.74, 6) is 0.0440. The minimum absolute atomic E-state index is 0.211. The summed E-state index contributed by atoms with van der Waals surface area (Å²) < 4.78 is 4.40. The summed E-state index contributed by atoms with van der Waals surface area (Å²) in [6.07, 6.45) is 2.16. The van der Waals surface area contributed by atoms with E-state index in [1.165, 1.54) is 6.92 Å². The second-order valence-electron chi connectivity index (χ2n) is 2.74. The van der Waals surface area contributed by atoms with Crippen LogP contribution in [0.15, 0.2) is 0 Å². The SMILES string of the molecule is CCCC(C)C#N.CCOC(C)=O. The van der Waals surface area contributed by atoms with Gasteiger partial charge < -0.3 is 4.74 Å². The van der Waals surface area contributed by atoms with Crippen molar-refractivity contribution in [2.45, 2.75) is 40.5 Å². The first kappa shape index (κ1) is 14.5. The Labute approximate surface area is 80.7 Å². The van der Waals surface area contributed by atoms with Crippen molar-refractivity contribution in [2.24, 2.45) is 5.92 Å². The fourth-order valence-corrected chi connectivity index (χ4v) is 0.701. The zero-order chi connectivity index (χ0) is 10.7. The summed E-state index contributed by atoms with van der Waals surface area (Å²) in [5.41, 5.74) is 0. The second-order valence-corrected chi connectivity index (χ2v) is 2.74. The van der Waals surface area contributed by atoms with Crippen LogP contribution in [0, 0.1) is 17.2 Å². The fourth-order valence-electron chi connectivity index (χ4n) is 0.701. The molecule has 0 bridgehead atoms. The number of carbonyl (C=O) groups excluding carboxylic acids is 1. The van der Waals surface area contributed by atoms with Crippen molar-refractivity contribution < 1.29 is 9.53 Å². The molecule has 0 amide bonds. The molecule has 0 heterocycles. The first-order valence-corrected chi connectivity index (χ1v) is 4.61. The van der Waals surface area contributed by atoms with E-state index < -0.39 is 0 Å². The van der Waals surface area contributed by atoms with E-state index in [4.69, 9.17) is 5.26 Å². The van der Waals surface area contributed by atoms with E-state index in [0.29, 0.717) is 6.61 Å². The number of ether oxygens (including phenoxy) is 1. The van der Waals surface area contributed by atoms with Crippen molar-refractivity contribution in [1.29, 1.82) is 5.26 Å². The molecule has 0 spiro atoms. The van der Waals surface area contributed by atoms with E-state index >= 15 is 0 Å². The van der Waals surface area contributed by atoms with Crippen molar-refractivity contribution in [3.8, 4) is 6.07 Å². The summed E-state index contributed by atoms with van der Waals surface area (Å²) in [4.78, 5) is 9.82. The summed E-state index contributed by atoms with van der Waals surface area (Å²) in [6.45, 7) is 7.69. The topological polar surface area (TPSA) is 50.1 Å². The lowest BCUT2D eigenvalue weighted by Gasteiger charge is -1.92. The van der Waals surface area contributed by atoms with Gasteiger partial charge in [-0.15, -0.1) is 0 Å². The summed E-state index contributed by atoms with van der Waals surface area (Å²) in [6, 6.07) is 2.17. The number of hydrogen-bond acceptors (Lipinski definition) is 3. The van der Waals surface area contributed by atoms with E-state index in [0.717, 1.165) is 12.8 Å². The van der Waals surface area contributed by atoms with E-state index in [2.05, 4.69) is 17.7 Å². The van der Waals surface area contributed by atoms with Crippen molar-refractivity contribution in [2.75, 3.05) is 6.61 Å². The molecule has 0 aliphatic heterocycles. The van der Waals surface area contributed by atoms with E-state index in [-0.39, 0.29) is 11.9 Å². The molecule has 76 valence electrons. The number of nitriles is 1. The highest BCUT2D eigenvalue weighted by atomic mass is 16.5. The van der Waals surface area contributed by atoms with Gasteiger partial charge in [-0.05, 0) is 20.3 Å². The standard InChI is InChI=1S/C6H11N.C4H8O2/c1-3-4-6(2)5-7;1-3-6-4(2)5/h6H,3-4H2,1-2H3;3H2,1-2H3. The van der Waals surface area contributed by atoms with Crippen LogP contribution in [-0.4, -0.2) is 12.6 Å². The van der Waals surface area contributed by atoms with Crippen LogP contribution in [0.3, 0.4) is 0 Å². The van der Waals surface area contributed by atoms with Crippen molar-refractivity contribution in [3.05, 3.63) is 0 Å². The van der Waals surface area contributed by atoms with Gasteiger partial charge in [-0.3, -0.25) is 4.79 Å². The number of esters is 1. The molecule has 0 N–H and O–H groups in total. The average molecular weight is 185 g/mol. The number of carbonyl (C=O) groups is 1. The smallest absolute Gasteiger partial charge is 0.302 e. The van der Waals surface area contributed by atoms with Crippen LogP contribution in [0.1, 0.15) is 40.5 Å². The van der Waals surface area contributed by atoms with E-state index in [9.17, 15) is 4.79 Å². The largest absolute Gasteiger partial charge is 0.466 e. The van der Waals surface area contributed by atoms with Gasteiger partial charge in [0.2, 0.25) is 0 Å². The minimum Gasteiger partial charge on any atom is -0.466 e. The van der Waals surface area contributed by atoms with Crippen LogP contribution in [0.5, 0.6) is 0 Å². The van der Waals surface area contributed by atoms with Crippen LogP contribution in [0.4, 0.5) is 0 Å². The summed E-state index contributed by atoms with van der Waals surface area (Å²) in [5, 5.41) is 8.22. The summed E-state index contributed by atoms with van der Waals surface area (Å²) >= 11 is 0. The molecule has 0 saturated heterocycles. The maximum Gasteiger partial charge on any atom is 0.302 e. The van der Waals surface area contributed by atoms with E-state index in [1.54, 1.807) is 6.92 Å². The van der Waals surface area contributed by atoms with Crippen LogP contribution in [-0.2, 0) is 9.53 Å². The van der Waals surface area contributed by atoms with Crippen LogP contribution >= 0.6 is 0 Å². The highest BCUT2D eigenvalue weighted by molar-refractivity contribution is 5.65. The molecule has 0 rings (SSSR count). The van der Waals surface area contributed by atoms with Gasteiger partial charge in [0, 0.05) is 12.8 Å². The lowest BCUT2D eigenvalue weighted by atomic mass is 10.1. The highest BCUT2D eigenvalue weighted by Gasteiger charge is 1.92. The molecule has 0 saturated carbocycles. The molecular formula is C10H19NO2. The van der Waals surface area contributed by atoms with Crippen molar-refractivity contribution in [3.63, 3.8) is 0 Å². The third-order valence-electron chi connectivity index (χ3n) is 1.29. The minimum atomic E-state index is -0.211. The van der Waals surface area contributed by atoms with Gasteiger partial charge in [0.15, 0.2) is 0 Å². The number of hydrogen-bond donors (Lipinski definition) is 0. The molecule has 0 fully saturated rings. The molecule has 0 aliphatic rings. The maximum atomic E-state index is 9.82.